The van der Waals surface area contributed by atoms with E-state index in [9.17, 15) is 23.9 Å². The predicted octanol–water partition coefficient (Wildman–Crippen LogP) is 4.50. The molecule has 2 aromatic rings. The smallest absolute Gasteiger partial charge is 0.407 e. The van der Waals surface area contributed by atoms with Crippen LogP contribution in [0, 0.1) is 11.2 Å². The zero-order chi connectivity index (χ0) is 24.0. The third-order valence-corrected chi connectivity index (χ3v) is 5.32. The predicted molar refractivity (Wildman–Crippen MR) is 119 cm³/mol. The summed E-state index contributed by atoms with van der Waals surface area (Å²) in [7, 11) is 0. The number of carbonyl (C=O) groups excluding carboxylic acids is 1. The van der Waals surface area contributed by atoms with Crippen molar-refractivity contribution in [2.45, 2.75) is 64.6 Å². The number of ether oxygens (including phenoxy) is 1. The molecule has 3 N–H and O–H groups in total. The molecule has 172 valence electrons. The molecular weight excluding hydrogens is 441 g/mol. The summed E-state index contributed by atoms with van der Waals surface area (Å²) in [4.78, 5) is 36.1. The molecular formula is C22H25ClFN3O5. The average molecular weight is 466 g/mol. The quantitative estimate of drug-likeness (QED) is 0.542. The molecule has 1 atom stereocenters. The number of hydrogen-bond acceptors (Lipinski definition) is 5. The monoisotopic (exact) mass is 465 g/mol. The van der Waals surface area contributed by atoms with Crippen LogP contribution in [0.25, 0.3) is 10.9 Å². The molecule has 1 aliphatic carbocycles. The van der Waals surface area contributed by atoms with E-state index in [0.717, 1.165) is 18.9 Å². The van der Waals surface area contributed by atoms with Gasteiger partial charge in [-0.25, -0.2) is 14.0 Å². The van der Waals surface area contributed by atoms with E-state index in [-0.39, 0.29) is 39.7 Å². The summed E-state index contributed by atoms with van der Waals surface area (Å²) in [5.41, 5.74) is -2.13. The van der Waals surface area contributed by atoms with Crippen molar-refractivity contribution in [1.29, 1.82) is 5.41 Å². The molecule has 8 nitrogen and oxygen atoms in total. The van der Waals surface area contributed by atoms with Crippen molar-refractivity contribution in [3.05, 3.63) is 44.5 Å². The van der Waals surface area contributed by atoms with Gasteiger partial charge in [0.2, 0.25) is 5.43 Å². The summed E-state index contributed by atoms with van der Waals surface area (Å²) < 4.78 is 21.8. The molecule has 3 rings (SSSR count). The fourth-order valence-electron chi connectivity index (χ4n) is 3.48. The molecule has 0 spiro atoms. The van der Waals surface area contributed by atoms with E-state index in [4.69, 9.17) is 21.7 Å². The number of benzene rings is 1. The van der Waals surface area contributed by atoms with Gasteiger partial charge in [-0.15, -0.1) is 0 Å². The molecule has 1 aromatic carbocycles. The Morgan fingerprint density at radius 2 is 2.03 bits per heavy atom. The first-order valence-electron chi connectivity index (χ1n) is 10.2. The number of nitrogens with zero attached hydrogens (tertiary/aromatic N) is 1. The van der Waals surface area contributed by atoms with Crippen molar-refractivity contribution in [2.75, 3.05) is 0 Å². The summed E-state index contributed by atoms with van der Waals surface area (Å²) >= 11 is 6.50. The molecule has 1 saturated carbocycles. The fraction of sp³-hybridized carbons (Fsp3) is 0.455. The number of hydrogen-bond donors (Lipinski definition) is 3. The van der Waals surface area contributed by atoms with Gasteiger partial charge >= 0.3 is 12.1 Å². The van der Waals surface area contributed by atoms with Crippen LogP contribution in [0.4, 0.5) is 9.18 Å². The standard InChI is InChI=1S/C22H25ClFN3O5/c1-10(26-21(31)32-22(2,3)4)7-15(25)16-14(24)8-12-18(17(16)23)27(11-5-6-11)9-13(19(12)28)20(29)30/h8-11,25H,5-7H2,1-4H3,(H,26,31)(H,29,30)/t10-/m1/s1. The summed E-state index contributed by atoms with van der Waals surface area (Å²) in [5.74, 6) is -2.30. The van der Waals surface area contributed by atoms with Gasteiger partial charge in [0.05, 0.1) is 21.5 Å². The molecule has 0 bridgehead atoms. The van der Waals surface area contributed by atoms with Crippen molar-refractivity contribution in [3.63, 3.8) is 0 Å². The first-order valence-corrected chi connectivity index (χ1v) is 10.6. The molecule has 32 heavy (non-hydrogen) atoms. The zero-order valence-corrected chi connectivity index (χ0v) is 19.0. The van der Waals surface area contributed by atoms with E-state index in [2.05, 4.69) is 5.32 Å². The highest BCUT2D eigenvalue weighted by molar-refractivity contribution is 6.38. The van der Waals surface area contributed by atoms with E-state index >= 15 is 0 Å². The number of aromatic nitrogens is 1. The van der Waals surface area contributed by atoms with E-state index in [1.54, 1.807) is 32.3 Å². The highest BCUT2D eigenvalue weighted by atomic mass is 35.5. The maximum absolute atomic E-state index is 15.0. The Bertz CT molecular complexity index is 1180. The SMILES string of the molecule is C[C@H](CC(=N)c1c(F)cc2c(=O)c(C(=O)O)cn(C3CC3)c2c1Cl)NC(=O)OC(C)(C)C. The lowest BCUT2D eigenvalue weighted by Gasteiger charge is -2.22. The Hall–Kier alpha value is -2.94. The van der Waals surface area contributed by atoms with Gasteiger partial charge in [-0.05, 0) is 46.6 Å². The van der Waals surface area contributed by atoms with Crippen molar-refractivity contribution in [2.24, 2.45) is 0 Å². The van der Waals surface area contributed by atoms with Crippen LogP contribution in [-0.4, -0.2) is 39.1 Å². The molecule has 1 aromatic heterocycles. The van der Waals surface area contributed by atoms with Gasteiger partial charge in [0.1, 0.15) is 17.0 Å². The van der Waals surface area contributed by atoms with Crippen LogP contribution in [0.2, 0.25) is 5.02 Å². The molecule has 1 heterocycles. The van der Waals surface area contributed by atoms with Crippen LogP contribution < -0.4 is 10.7 Å². The normalized spacial score (nSPS) is 14.8. The van der Waals surface area contributed by atoms with Crippen molar-refractivity contribution < 1.29 is 23.8 Å². The molecule has 1 amide bonds. The lowest BCUT2D eigenvalue weighted by Crippen LogP contribution is -2.38. The van der Waals surface area contributed by atoms with Gasteiger partial charge in [0.15, 0.2) is 0 Å². The number of alkyl carbamates (subject to hydrolysis) is 1. The molecule has 0 radical (unpaired) electrons. The molecule has 1 fully saturated rings. The van der Waals surface area contributed by atoms with Crippen molar-refractivity contribution in [3.8, 4) is 0 Å². The summed E-state index contributed by atoms with van der Waals surface area (Å²) in [6.07, 6.45) is 2.08. The van der Waals surface area contributed by atoms with Crippen LogP contribution in [0.15, 0.2) is 17.1 Å². The van der Waals surface area contributed by atoms with Crippen LogP contribution in [-0.2, 0) is 4.74 Å². The Kier molecular flexibility index (Phi) is 6.33. The Balaban J connectivity index is 1.99. The summed E-state index contributed by atoms with van der Waals surface area (Å²) in [5, 5.41) is 20.1. The first kappa shape index (κ1) is 23.7. The number of carboxylic acids is 1. The number of aromatic carboxylic acids is 1. The van der Waals surface area contributed by atoms with Gasteiger partial charge in [0.25, 0.3) is 0 Å². The summed E-state index contributed by atoms with van der Waals surface area (Å²) in [6.45, 7) is 6.81. The molecule has 0 saturated heterocycles. The minimum atomic E-state index is -1.40. The van der Waals surface area contributed by atoms with Crippen molar-refractivity contribution in [1.82, 2.24) is 9.88 Å². The van der Waals surface area contributed by atoms with Gasteiger partial charge in [0, 0.05) is 30.4 Å². The number of carboxylic acid groups (broad SMARTS) is 1. The molecule has 0 aliphatic heterocycles. The lowest BCUT2D eigenvalue weighted by molar-refractivity contribution is 0.0509. The second-order valence-electron chi connectivity index (χ2n) is 8.99. The van der Waals surface area contributed by atoms with E-state index in [0.29, 0.717) is 0 Å². The van der Waals surface area contributed by atoms with E-state index in [1.807, 2.05) is 0 Å². The number of rotatable bonds is 6. The number of amides is 1. The maximum Gasteiger partial charge on any atom is 0.407 e. The number of fused-ring (bicyclic) bond motifs is 1. The molecule has 10 heteroatoms. The highest BCUT2D eigenvalue weighted by Gasteiger charge is 2.30. The third kappa shape index (κ3) is 4.93. The largest absolute Gasteiger partial charge is 0.477 e. The average Bonchev–Trinajstić information content (AvgIpc) is 3.45. The van der Waals surface area contributed by atoms with Crippen LogP contribution in [0.5, 0.6) is 0 Å². The van der Waals surface area contributed by atoms with Crippen LogP contribution in [0.1, 0.15) is 68.9 Å². The van der Waals surface area contributed by atoms with E-state index in [1.165, 1.54) is 6.20 Å². The number of pyridine rings is 1. The molecule has 0 unspecified atom stereocenters. The van der Waals surface area contributed by atoms with Gasteiger partial charge in [-0.3, -0.25) is 4.79 Å². The van der Waals surface area contributed by atoms with Gasteiger partial charge < -0.3 is 25.1 Å². The second kappa shape index (κ2) is 8.54. The van der Waals surface area contributed by atoms with Gasteiger partial charge in [-0.2, -0.15) is 0 Å². The number of nitrogens with one attached hydrogen (secondary N) is 2. The van der Waals surface area contributed by atoms with E-state index < -0.39 is 40.5 Å². The minimum Gasteiger partial charge on any atom is -0.477 e. The second-order valence-corrected chi connectivity index (χ2v) is 9.37. The fourth-order valence-corrected chi connectivity index (χ4v) is 3.88. The van der Waals surface area contributed by atoms with Gasteiger partial charge in [-0.1, -0.05) is 11.6 Å². The molecule has 1 aliphatic rings. The van der Waals surface area contributed by atoms with Crippen LogP contribution in [0.3, 0.4) is 0 Å². The first-order chi connectivity index (χ1) is 14.8. The van der Waals surface area contributed by atoms with Crippen LogP contribution >= 0.6 is 11.6 Å². The Morgan fingerprint density at radius 3 is 2.56 bits per heavy atom. The topological polar surface area (TPSA) is 121 Å². The summed E-state index contributed by atoms with van der Waals surface area (Å²) in [6, 6.07) is 0.336. The number of halogens is 2. The zero-order valence-electron chi connectivity index (χ0n) is 18.2. The Labute approximate surface area is 188 Å². The minimum absolute atomic E-state index is 0.0394. The number of carbonyl (C=O) groups is 2. The maximum atomic E-state index is 15.0. The third-order valence-electron chi connectivity index (χ3n) is 4.95. The van der Waals surface area contributed by atoms with Crippen molar-refractivity contribution >= 4 is 40.3 Å². The Morgan fingerprint density at radius 1 is 1.41 bits per heavy atom. The highest BCUT2D eigenvalue weighted by Crippen LogP contribution is 2.40. The lowest BCUT2D eigenvalue weighted by atomic mass is 10.00.